The lowest BCUT2D eigenvalue weighted by Crippen LogP contribution is -2.62. The molecule has 1 aromatic rings. The zero-order chi connectivity index (χ0) is 32.7. The summed E-state index contributed by atoms with van der Waals surface area (Å²) in [4.78, 5) is 58.6. The minimum absolute atomic E-state index is 0.0929. The Labute approximate surface area is 259 Å². The van der Waals surface area contributed by atoms with Gasteiger partial charge in [-0.25, -0.2) is 0 Å². The molecule has 4 amide bonds. The maximum absolute atomic E-state index is 14.1. The summed E-state index contributed by atoms with van der Waals surface area (Å²) in [5.74, 6) is -0.551. The quantitative estimate of drug-likeness (QED) is 0.320. The Morgan fingerprint density at radius 3 is 2.09 bits per heavy atom. The summed E-state index contributed by atoms with van der Waals surface area (Å²) in [6.45, 7) is 15.2. The fraction of sp³-hybridized carbons (Fsp3) is 0.697. The number of rotatable bonds is 13. The third kappa shape index (κ3) is 9.01. The maximum Gasteiger partial charge on any atom is 0.245 e. The average Bonchev–Trinajstić information content (AvgIpc) is 3.44. The van der Waals surface area contributed by atoms with E-state index in [4.69, 9.17) is 0 Å². The van der Waals surface area contributed by atoms with Gasteiger partial charge in [0.15, 0.2) is 0 Å². The molecule has 0 aromatic heterocycles. The fourth-order valence-electron chi connectivity index (χ4n) is 6.09. The summed E-state index contributed by atoms with van der Waals surface area (Å²) in [5.41, 5.74) is -0.0583. The number of nitrogens with one attached hydrogen (secondary N) is 3. The van der Waals surface area contributed by atoms with Gasteiger partial charge in [0.25, 0.3) is 0 Å². The predicted octanol–water partition coefficient (Wildman–Crippen LogP) is 2.23. The molecule has 4 atom stereocenters. The van der Waals surface area contributed by atoms with Crippen molar-refractivity contribution in [2.75, 3.05) is 47.8 Å². The van der Waals surface area contributed by atoms with E-state index < -0.39 is 29.0 Å². The Morgan fingerprint density at radius 1 is 0.977 bits per heavy atom. The van der Waals surface area contributed by atoms with Crippen LogP contribution in [0.2, 0.25) is 0 Å². The minimum atomic E-state index is -0.765. The van der Waals surface area contributed by atoms with E-state index in [9.17, 15) is 19.2 Å². The topological polar surface area (TPSA) is 114 Å². The van der Waals surface area contributed by atoms with Gasteiger partial charge in [0.1, 0.15) is 12.1 Å². The summed E-state index contributed by atoms with van der Waals surface area (Å²) < 4.78 is 0. The summed E-state index contributed by atoms with van der Waals surface area (Å²) in [5, 5.41) is 8.94. The molecule has 1 aliphatic rings. The van der Waals surface area contributed by atoms with Crippen LogP contribution in [-0.2, 0) is 24.6 Å². The van der Waals surface area contributed by atoms with Crippen LogP contribution in [0.5, 0.6) is 0 Å². The zero-order valence-electron chi connectivity index (χ0n) is 28.3. The van der Waals surface area contributed by atoms with Crippen molar-refractivity contribution in [3.63, 3.8) is 0 Å². The van der Waals surface area contributed by atoms with Gasteiger partial charge in [0.05, 0.1) is 12.6 Å². The smallest absolute Gasteiger partial charge is 0.245 e. The van der Waals surface area contributed by atoms with E-state index in [1.165, 1.54) is 0 Å². The largest absolute Gasteiger partial charge is 0.357 e. The van der Waals surface area contributed by atoms with Gasteiger partial charge < -0.3 is 25.8 Å². The number of hydrogen-bond acceptors (Lipinski definition) is 6. The first-order chi connectivity index (χ1) is 20.0. The van der Waals surface area contributed by atoms with E-state index >= 15 is 0 Å². The highest BCUT2D eigenvalue weighted by atomic mass is 16.2. The van der Waals surface area contributed by atoms with Crippen molar-refractivity contribution in [2.45, 2.75) is 90.9 Å². The third-order valence-electron chi connectivity index (χ3n) is 8.83. The van der Waals surface area contributed by atoms with Gasteiger partial charge in [-0.1, -0.05) is 78.8 Å². The van der Waals surface area contributed by atoms with E-state index in [1.807, 2.05) is 76.9 Å². The van der Waals surface area contributed by atoms with Gasteiger partial charge in [-0.3, -0.25) is 24.1 Å². The molecule has 1 aliphatic heterocycles. The van der Waals surface area contributed by atoms with Gasteiger partial charge >= 0.3 is 0 Å². The van der Waals surface area contributed by atoms with Crippen LogP contribution in [0, 0.1) is 11.3 Å². The van der Waals surface area contributed by atoms with E-state index in [0.717, 1.165) is 12.0 Å². The number of carbonyl (C=O) groups is 4. The number of carbonyl (C=O) groups excluding carboxylic acids is 4. The Kier molecular flexibility index (Phi) is 12.8. The van der Waals surface area contributed by atoms with Crippen LogP contribution >= 0.6 is 0 Å². The molecule has 2 rings (SSSR count). The molecule has 43 heavy (non-hydrogen) atoms. The molecule has 1 heterocycles. The molecule has 10 heteroatoms. The average molecular weight is 601 g/mol. The molecule has 3 N–H and O–H groups in total. The van der Waals surface area contributed by atoms with Gasteiger partial charge in [0, 0.05) is 38.6 Å². The lowest BCUT2D eigenvalue weighted by Gasteiger charge is -2.41. The number of amides is 4. The van der Waals surface area contributed by atoms with Crippen molar-refractivity contribution in [1.82, 2.24) is 30.7 Å². The molecule has 0 radical (unpaired) electrons. The van der Waals surface area contributed by atoms with Crippen molar-refractivity contribution in [3.8, 4) is 0 Å². The molecule has 242 valence electrons. The van der Waals surface area contributed by atoms with Gasteiger partial charge in [-0.2, -0.15) is 0 Å². The minimum Gasteiger partial charge on any atom is -0.357 e. The molecule has 1 saturated heterocycles. The van der Waals surface area contributed by atoms with E-state index in [0.29, 0.717) is 19.5 Å². The molecule has 0 aliphatic carbocycles. The van der Waals surface area contributed by atoms with Gasteiger partial charge in [-0.05, 0) is 43.8 Å². The van der Waals surface area contributed by atoms with Gasteiger partial charge in [0.2, 0.25) is 23.6 Å². The summed E-state index contributed by atoms with van der Waals surface area (Å²) >= 11 is 0. The van der Waals surface area contributed by atoms with Crippen LogP contribution < -0.4 is 16.0 Å². The Morgan fingerprint density at radius 2 is 1.58 bits per heavy atom. The van der Waals surface area contributed by atoms with Crippen molar-refractivity contribution in [2.24, 2.45) is 11.3 Å². The van der Waals surface area contributed by atoms with Crippen LogP contribution in [0.25, 0.3) is 0 Å². The molecule has 1 unspecified atom stereocenters. The molecular formula is C33H56N6O4. The van der Waals surface area contributed by atoms with Crippen LogP contribution in [0.1, 0.15) is 66.9 Å². The number of nitrogens with zero attached hydrogens (tertiary/aromatic N) is 3. The first-order valence-electron chi connectivity index (χ1n) is 15.5. The molecule has 1 fully saturated rings. The molecule has 0 spiro atoms. The van der Waals surface area contributed by atoms with Crippen LogP contribution in [0.4, 0.5) is 0 Å². The Hall–Kier alpha value is -2.98. The van der Waals surface area contributed by atoms with Crippen molar-refractivity contribution >= 4 is 23.6 Å². The lowest BCUT2D eigenvalue weighted by molar-refractivity contribution is -0.142. The standard InChI is InChI=1S/C33H56N6O4/c1-22(2)25(20-37(10)21-26(40)39-19-15-18-24(39)29(41)35-9)38(11)31(43)28(32(3,4)5)36-30(42)27(34-8)33(6,7)23-16-13-12-14-17-23/h12-14,16-17,22,24-25,27-28,34H,15,18-21H2,1-11H3,(H,35,41)(H,36,42)/t24-,25+,27?,28+/m0/s1. The van der Waals surface area contributed by atoms with Crippen molar-refractivity contribution in [3.05, 3.63) is 35.9 Å². The Bertz CT molecular complexity index is 1100. The molecule has 1 aromatic carbocycles. The second-order valence-electron chi connectivity index (χ2n) is 13.9. The fourth-order valence-corrected chi connectivity index (χ4v) is 6.09. The predicted molar refractivity (Wildman–Crippen MR) is 171 cm³/mol. The van der Waals surface area contributed by atoms with Crippen LogP contribution in [0.3, 0.4) is 0 Å². The molecular weight excluding hydrogens is 544 g/mol. The summed E-state index contributed by atoms with van der Waals surface area (Å²) in [6.07, 6.45) is 1.47. The molecule has 10 nitrogen and oxygen atoms in total. The normalized spacial score (nSPS) is 17.9. The zero-order valence-corrected chi connectivity index (χ0v) is 28.3. The van der Waals surface area contributed by atoms with Crippen molar-refractivity contribution in [1.29, 1.82) is 0 Å². The lowest BCUT2D eigenvalue weighted by atomic mass is 9.76. The van der Waals surface area contributed by atoms with E-state index in [2.05, 4.69) is 29.8 Å². The highest BCUT2D eigenvalue weighted by Crippen LogP contribution is 2.29. The number of hydrogen-bond donors (Lipinski definition) is 3. The second-order valence-corrected chi connectivity index (χ2v) is 13.9. The van der Waals surface area contributed by atoms with E-state index in [1.54, 1.807) is 30.9 Å². The number of likely N-dealkylation sites (tertiary alicyclic amines) is 1. The number of likely N-dealkylation sites (N-methyl/N-ethyl adjacent to an activating group) is 4. The van der Waals surface area contributed by atoms with Crippen LogP contribution in [-0.4, -0.2) is 110 Å². The highest BCUT2D eigenvalue weighted by molar-refractivity contribution is 5.91. The monoisotopic (exact) mass is 600 g/mol. The SMILES string of the molecule is CNC(=O)[C@@H]1CCCN1C(=O)CN(C)C[C@H](C(C)C)N(C)C(=O)[C@@H](NC(=O)C(NC)C(C)(C)c1ccccc1)C(C)(C)C. The van der Waals surface area contributed by atoms with Gasteiger partial charge in [-0.15, -0.1) is 0 Å². The molecule has 0 saturated carbocycles. The van der Waals surface area contributed by atoms with E-state index in [-0.39, 0.29) is 42.1 Å². The maximum atomic E-state index is 14.1. The first kappa shape index (κ1) is 36.2. The third-order valence-corrected chi connectivity index (χ3v) is 8.83. The second kappa shape index (κ2) is 15.1. The van der Waals surface area contributed by atoms with Crippen LogP contribution in [0.15, 0.2) is 30.3 Å². The van der Waals surface area contributed by atoms with Crippen molar-refractivity contribution < 1.29 is 19.2 Å². The highest BCUT2D eigenvalue weighted by Gasteiger charge is 2.42. The molecule has 0 bridgehead atoms. The summed E-state index contributed by atoms with van der Waals surface area (Å²) in [7, 11) is 6.99. The Balaban J connectivity index is 2.20. The summed E-state index contributed by atoms with van der Waals surface area (Å²) in [6, 6.07) is 7.91. The first-order valence-corrected chi connectivity index (χ1v) is 15.5. The number of benzene rings is 1.